The van der Waals surface area contributed by atoms with E-state index in [2.05, 4.69) is 10.6 Å². The number of rotatable bonds is 5. The number of thiophene rings is 1. The van der Waals surface area contributed by atoms with Gasteiger partial charge in [-0.15, -0.1) is 11.3 Å². The van der Waals surface area contributed by atoms with Crippen LogP contribution in [0, 0.1) is 0 Å². The zero-order valence-electron chi connectivity index (χ0n) is 14.0. The van der Waals surface area contributed by atoms with Crippen LogP contribution in [0.5, 0.6) is 0 Å². The maximum Gasteiger partial charge on any atom is 0.313 e. The highest BCUT2D eigenvalue weighted by molar-refractivity contribution is 7.10. The number of nitrogens with one attached hydrogen (secondary N) is 2. The maximum absolute atomic E-state index is 12.1. The van der Waals surface area contributed by atoms with E-state index in [0.717, 1.165) is 10.4 Å². The van der Waals surface area contributed by atoms with Gasteiger partial charge in [-0.3, -0.25) is 9.59 Å². The van der Waals surface area contributed by atoms with Crippen LogP contribution in [0.4, 0.5) is 5.69 Å². The number of amides is 2. The third-order valence-corrected chi connectivity index (χ3v) is 4.81. The summed E-state index contributed by atoms with van der Waals surface area (Å²) in [7, 11) is 0. The average Bonchev–Trinajstić information content (AvgIpc) is 3.08. The van der Waals surface area contributed by atoms with Crippen molar-refractivity contribution in [1.29, 1.82) is 0 Å². The van der Waals surface area contributed by atoms with Crippen LogP contribution in [-0.4, -0.2) is 23.5 Å². The molecule has 128 valence electrons. The van der Waals surface area contributed by atoms with Gasteiger partial charge in [0.2, 0.25) is 0 Å². The van der Waals surface area contributed by atoms with Crippen molar-refractivity contribution in [2.45, 2.75) is 32.3 Å². The van der Waals surface area contributed by atoms with Crippen LogP contribution in [0.15, 0.2) is 41.8 Å². The molecule has 0 fully saturated rings. The van der Waals surface area contributed by atoms with Gasteiger partial charge in [0.15, 0.2) is 0 Å². The lowest BCUT2D eigenvalue weighted by Gasteiger charge is -2.22. The van der Waals surface area contributed by atoms with Crippen LogP contribution in [0.1, 0.15) is 37.1 Å². The van der Waals surface area contributed by atoms with Gasteiger partial charge in [0.05, 0.1) is 6.54 Å². The molecule has 2 aromatic rings. The third-order valence-electron chi connectivity index (χ3n) is 3.68. The van der Waals surface area contributed by atoms with Crippen LogP contribution in [-0.2, 0) is 15.2 Å². The molecule has 2 rings (SSSR count). The molecule has 0 aliphatic rings. The van der Waals surface area contributed by atoms with E-state index in [9.17, 15) is 14.7 Å². The molecule has 1 aromatic heterocycles. The Balaban J connectivity index is 1.97. The highest BCUT2D eigenvalue weighted by atomic mass is 32.1. The molecule has 1 heterocycles. The molecule has 0 spiro atoms. The molecule has 1 unspecified atom stereocenters. The molecule has 0 radical (unpaired) electrons. The Morgan fingerprint density at radius 2 is 1.88 bits per heavy atom. The SMILES string of the molecule is CC(C)c1ccccc1NC(=O)C(=O)NCC(C)(O)c1cccs1. The summed E-state index contributed by atoms with van der Waals surface area (Å²) in [5.41, 5.74) is 0.377. The molecule has 0 saturated carbocycles. The number of hydrogen-bond donors (Lipinski definition) is 3. The van der Waals surface area contributed by atoms with E-state index in [1.165, 1.54) is 11.3 Å². The fourth-order valence-corrected chi connectivity index (χ4v) is 3.09. The molecule has 0 bridgehead atoms. The highest BCUT2D eigenvalue weighted by Crippen LogP contribution is 2.25. The molecule has 2 amide bonds. The number of hydrogen-bond acceptors (Lipinski definition) is 4. The normalized spacial score (nSPS) is 13.4. The van der Waals surface area contributed by atoms with E-state index in [0.29, 0.717) is 5.69 Å². The van der Waals surface area contributed by atoms with Crippen molar-refractivity contribution in [3.8, 4) is 0 Å². The molecular formula is C18H22N2O3S. The molecule has 0 aliphatic heterocycles. The fraction of sp³-hybridized carbons (Fsp3) is 0.333. The summed E-state index contributed by atoms with van der Waals surface area (Å²) in [6, 6.07) is 11.0. The van der Waals surface area contributed by atoms with Crippen molar-refractivity contribution in [3.05, 3.63) is 52.2 Å². The Bertz CT molecular complexity index is 709. The lowest BCUT2D eigenvalue weighted by Crippen LogP contribution is -2.43. The highest BCUT2D eigenvalue weighted by Gasteiger charge is 2.26. The van der Waals surface area contributed by atoms with E-state index < -0.39 is 17.4 Å². The van der Waals surface area contributed by atoms with Gasteiger partial charge in [0.1, 0.15) is 5.60 Å². The molecule has 24 heavy (non-hydrogen) atoms. The second kappa shape index (κ2) is 7.59. The number of para-hydroxylation sites is 1. The fourth-order valence-electron chi connectivity index (χ4n) is 2.30. The van der Waals surface area contributed by atoms with Gasteiger partial charge in [-0.1, -0.05) is 38.1 Å². The van der Waals surface area contributed by atoms with Crippen molar-refractivity contribution in [3.63, 3.8) is 0 Å². The molecule has 3 N–H and O–H groups in total. The largest absolute Gasteiger partial charge is 0.383 e. The molecule has 5 nitrogen and oxygen atoms in total. The standard InChI is InChI=1S/C18H22N2O3S/c1-12(2)13-7-4-5-8-14(13)20-17(22)16(21)19-11-18(3,23)15-9-6-10-24-15/h4-10,12,23H,11H2,1-3H3,(H,19,21)(H,20,22). The Morgan fingerprint density at radius 3 is 2.50 bits per heavy atom. The molecule has 0 saturated heterocycles. The van der Waals surface area contributed by atoms with E-state index >= 15 is 0 Å². The van der Waals surface area contributed by atoms with Gasteiger partial charge in [0, 0.05) is 10.6 Å². The predicted molar refractivity (Wildman–Crippen MR) is 96.1 cm³/mol. The van der Waals surface area contributed by atoms with Crippen molar-refractivity contribution < 1.29 is 14.7 Å². The number of anilines is 1. The van der Waals surface area contributed by atoms with Gasteiger partial charge in [-0.2, -0.15) is 0 Å². The summed E-state index contributed by atoms with van der Waals surface area (Å²) in [6.45, 7) is 5.60. The zero-order chi connectivity index (χ0) is 17.7. The first-order chi connectivity index (χ1) is 11.3. The summed E-state index contributed by atoms with van der Waals surface area (Å²) < 4.78 is 0. The first-order valence-corrected chi connectivity index (χ1v) is 8.63. The topological polar surface area (TPSA) is 78.4 Å². The minimum absolute atomic E-state index is 0.0361. The average molecular weight is 346 g/mol. The van der Waals surface area contributed by atoms with E-state index in [4.69, 9.17) is 0 Å². The molecule has 6 heteroatoms. The lowest BCUT2D eigenvalue weighted by molar-refractivity contribution is -0.136. The Kier molecular flexibility index (Phi) is 5.75. The van der Waals surface area contributed by atoms with Crippen molar-refractivity contribution >= 4 is 28.8 Å². The van der Waals surface area contributed by atoms with Crippen LogP contribution >= 0.6 is 11.3 Å². The number of aliphatic hydroxyl groups is 1. The third kappa shape index (κ3) is 4.43. The van der Waals surface area contributed by atoms with Crippen molar-refractivity contribution in [2.75, 3.05) is 11.9 Å². The van der Waals surface area contributed by atoms with Crippen LogP contribution < -0.4 is 10.6 Å². The summed E-state index contributed by atoms with van der Waals surface area (Å²) in [5.74, 6) is -1.29. The minimum atomic E-state index is -1.21. The Hall–Kier alpha value is -2.18. The summed E-state index contributed by atoms with van der Waals surface area (Å²) >= 11 is 1.40. The summed E-state index contributed by atoms with van der Waals surface area (Å²) in [5, 5.41) is 17.3. The maximum atomic E-state index is 12.1. The van der Waals surface area contributed by atoms with E-state index in [1.54, 1.807) is 25.1 Å². The Morgan fingerprint density at radius 1 is 1.17 bits per heavy atom. The Labute approximate surface area is 145 Å². The van der Waals surface area contributed by atoms with Gasteiger partial charge < -0.3 is 15.7 Å². The quantitative estimate of drug-likeness (QED) is 0.729. The van der Waals surface area contributed by atoms with Crippen molar-refractivity contribution in [2.24, 2.45) is 0 Å². The van der Waals surface area contributed by atoms with Gasteiger partial charge in [-0.05, 0) is 35.9 Å². The number of benzene rings is 1. The first-order valence-electron chi connectivity index (χ1n) is 7.75. The number of carbonyl (C=O) groups is 2. The minimum Gasteiger partial charge on any atom is -0.383 e. The monoisotopic (exact) mass is 346 g/mol. The van der Waals surface area contributed by atoms with Gasteiger partial charge in [-0.25, -0.2) is 0 Å². The van der Waals surface area contributed by atoms with Gasteiger partial charge >= 0.3 is 11.8 Å². The first kappa shape index (κ1) is 18.2. The molecular weight excluding hydrogens is 324 g/mol. The van der Waals surface area contributed by atoms with Crippen LogP contribution in [0.2, 0.25) is 0 Å². The molecule has 1 atom stereocenters. The van der Waals surface area contributed by atoms with Crippen molar-refractivity contribution in [1.82, 2.24) is 5.32 Å². The molecule has 0 aliphatic carbocycles. The summed E-state index contributed by atoms with van der Waals surface area (Å²) in [6.07, 6.45) is 0. The van der Waals surface area contributed by atoms with E-state index in [1.807, 2.05) is 37.4 Å². The van der Waals surface area contributed by atoms with Crippen LogP contribution in [0.25, 0.3) is 0 Å². The number of carbonyl (C=O) groups excluding carboxylic acids is 2. The smallest absolute Gasteiger partial charge is 0.313 e. The second-order valence-corrected chi connectivity index (χ2v) is 7.08. The second-order valence-electron chi connectivity index (χ2n) is 6.13. The van der Waals surface area contributed by atoms with Gasteiger partial charge in [0.25, 0.3) is 0 Å². The lowest BCUT2D eigenvalue weighted by atomic mass is 10.0. The van der Waals surface area contributed by atoms with E-state index in [-0.39, 0.29) is 12.5 Å². The summed E-state index contributed by atoms with van der Waals surface area (Å²) in [4.78, 5) is 24.8. The van der Waals surface area contributed by atoms with Crippen LogP contribution in [0.3, 0.4) is 0 Å². The predicted octanol–water partition coefficient (Wildman–Crippen LogP) is 2.83. The molecule has 1 aromatic carbocycles. The zero-order valence-corrected chi connectivity index (χ0v) is 14.8.